The Balaban J connectivity index is 1.35. The summed E-state index contributed by atoms with van der Waals surface area (Å²) in [6.07, 6.45) is 12.1. The van der Waals surface area contributed by atoms with Crippen LogP contribution in [0, 0.1) is 11.8 Å². The maximum atomic E-state index is 6.37. The molecule has 0 radical (unpaired) electrons. The third kappa shape index (κ3) is 8.31. The van der Waals surface area contributed by atoms with Crippen LogP contribution in [0.15, 0.2) is 55.0 Å². The molecular weight excluding hydrogens is 605 g/mol. The van der Waals surface area contributed by atoms with Gasteiger partial charge in [-0.25, -0.2) is 15.0 Å². The zero-order valence-electron chi connectivity index (χ0n) is 28.7. The van der Waals surface area contributed by atoms with Gasteiger partial charge in [-0.3, -0.25) is 0 Å². The smallest absolute Gasteiger partial charge is 0.165 e. The monoisotopic (exact) mass is 656 g/mol. The van der Waals surface area contributed by atoms with Gasteiger partial charge in [0, 0.05) is 70.6 Å². The zero-order valence-corrected chi connectivity index (χ0v) is 30.7. The molecule has 0 unspecified atom stereocenters. The van der Waals surface area contributed by atoms with E-state index in [0.29, 0.717) is 19.4 Å². The van der Waals surface area contributed by atoms with Gasteiger partial charge < -0.3 is 14.4 Å². The first-order valence-corrected chi connectivity index (χ1v) is 24.6. The molecule has 0 saturated heterocycles. The van der Waals surface area contributed by atoms with Gasteiger partial charge in [0.05, 0.1) is 6.20 Å². The normalized spacial score (nSPS) is 20.0. The third-order valence-corrected chi connectivity index (χ3v) is 13.0. The molecule has 2 saturated carbocycles. The van der Waals surface area contributed by atoms with E-state index in [9.17, 15) is 0 Å². The van der Waals surface area contributed by atoms with E-state index in [-0.39, 0.29) is 0 Å². The van der Waals surface area contributed by atoms with Crippen molar-refractivity contribution in [2.24, 2.45) is 11.8 Å². The highest BCUT2D eigenvalue weighted by atomic mass is 28.3. The third-order valence-electron chi connectivity index (χ3n) is 9.61. The van der Waals surface area contributed by atoms with Crippen molar-refractivity contribution >= 4 is 27.6 Å². The van der Waals surface area contributed by atoms with Gasteiger partial charge in [-0.1, -0.05) is 76.4 Å². The number of fused-ring (bicyclic) bond motifs is 3. The molecule has 4 aromatic rings. The van der Waals surface area contributed by atoms with Gasteiger partial charge in [0.1, 0.15) is 19.3 Å². The fraction of sp³-hybridized carbons (Fsp3) is 0.556. The van der Waals surface area contributed by atoms with Crippen molar-refractivity contribution in [1.82, 2.24) is 24.6 Å². The number of ether oxygens (including phenoxy) is 2. The Labute approximate surface area is 277 Å². The van der Waals surface area contributed by atoms with E-state index in [1.165, 1.54) is 37.8 Å². The van der Waals surface area contributed by atoms with Crippen LogP contribution in [0.4, 0.5) is 5.82 Å². The van der Waals surface area contributed by atoms with Crippen LogP contribution in [0.1, 0.15) is 43.7 Å². The van der Waals surface area contributed by atoms with Gasteiger partial charge in [0.25, 0.3) is 0 Å². The van der Waals surface area contributed by atoms with Crippen molar-refractivity contribution in [3.63, 3.8) is 0 Å². The zero-order chi connectivity index (χ0) is 32.3. The predicted molar refractivity (Wildman–Crippen MR) is 193 cm³/mol. The van der Waals surface area contributed by atoms with Crippen LogP contribution in [0.2, 0.25) is 51.4 Å². The Morgan fingerprint density at radius 3 is 1.98 bits per heavy atom. The number of hydrogen-bond acceptors (Lipinski definition) is 7. The number of hydrogen-bond donors (Lipinski definition) is 0. The molecule has 2 fully saturated rings. The molecule has 0 amide bonds. The molecule has 2 bridgehead atoms. The number of benzene rings is 1. The maximum Gasteiger partial charge on any atom is 0.165 e. The van der Waals surface area contributed by atoms with E-state index in [1.54, 1.807) is 12.4 Å². The van der Waals surface area contributed by atoms with E-state index in [2.05, 4.69) is 84.5 Å². The van der Waals surface area contributed by atoms with Crippen LogP contribution >= 0.6 is 0 Å². The summed E-state index contributed by atoms with van der Waals surface area (Å²) in [4.78, 5) is 16.5. The molecule has 3 aromatic heterocycles. The van der Waals surface area contributed by atoms with Crippen LogP contribution in [0.25, 0.3) is 28.2 Å². The Kier molecular flexibility index (Phi) is 10.1. The first-order chi connectivity index (χ1) is 22.0. The van der Waals surface area contributed by atoms with Gasteiger partial charge >= 0.3 is 0 Å². The minimum absolute atomic E-state index is 0.465. The number of aromatic nitrogens is 5. The molecule has 3 atom stereocenters. The molecule has 1 aromatic carbocycles. The second-order valence-corrected chi connectivity index (χ2v) is 27.2. The summed E-state index contributed by atoms with van der Waals surface area (Å²) >= 11 is 0. The highest BCUT2D eigenvalue weighted by Gasteiger charge is 2.36. The molecule has 0 aliphatic heterocycles. The standard InChI is InChI=1S/C36H52N6O2Si2/c1-45(2,3)18-16-43-25-41(26-44-17-19-46(4,5)6)34-23-33(31-21-27-8-9-28(20-27)22-31)40-36-32(24-39-42(34)36)29-10-12-30(13-11-29)35-37-14-7-15-38-35/h7,10-15,23-24,27-28,31H,8-9,16-22,25-26H2,1-6H3/t27-,28+,31+. The van der Waals surface area contributed by atoms with E-state index in [4.69, 9.17) is 19.6 Å². The number of nitrogens with zero attached hydrogens (tertiary/aromatic N) is 6. The lowest BCUT2D eigenvalue weighted by molar-refractivity contribution is 0.0942. The summed E-state index contributed by atoms with van der Waals surface area (Å²) in [5, 5.41) is 4.95. The number of anilines is 1. The number of rotatable bonds is 14. The second-order valence-electron chi connectivity index (χ2n) is 15.9. The minimum atomic E-state index is -1.21. The molecule has 0 N–H and O–H groups in total. The van der Waals surface area contributed by atoms with Crippen LogP contribution in [0.3, 0.4) is 0 Å². The van der Waals surface area contributed by atoms with Gasteiger partial charge in [-0.2, -0.15) is 9.61 Å². The van der Waals surface area contributed by atoms with E-state index in [1.807, 2.05) is 16.8 Å². The fourth-order valence-electron chi connectivity index (χ4n) is 6.88. The van der Waals surface area contributed by atoms with E-state index >= 15 is 0 Å². The fourth-order valence-corrected chi connectivity index (χ4v) is 8.39. The van der Waals surface area contributed by atoms with Gasteiger partial charge in [-0.15, -0.1) is 0 Å². The summed E-state index contributed by atoms with van der Waals surface area (Å²) in [6.45, 7) is 16.8. The summed E-state index contributed by atoms with van der Waals surface area (Å²) in [5.41, 5.74) is 5.18. The molecule has 0 spiro atoms. The lowest BCUT2D eigenvalue weighted by Gasteiger charge is -2.30. The van der Waals surface area contributed by atoms with Crippen LogP contribution in [-0.4, -0.2) is 67.4 Å². The molecule has 3 heterocycles. The average molecular weight is 657 g/mol. The second kappa shape index (κ2) is 14.1. The Hall–Kier alpha value is -2.93. The van der Waals surface area contributed by atoms with Crippen molar-refractivity contribution in [2.75, 3.05) is 31.6 Å². The minimum Gasteiger partial charge on any atom is -0.361 e. The molecule has 2 aliphatic rings. The summed E-state index contributed by atoms with van der Waals surface area (Å²) in [6, 6.07) is 14.8. The molecule has 2 aliphatic carbocycles. The molecule has 10 heteroatoms. The van der Waals surface area contributed by atoms with Crippen molar-refractivity contribution in [1.29, 1.82) is 0 Å². The molecule has 46 heavy (non-hydrogen) atoms. The van der Waals surface area contributed by atoms with Gasteiger partial charge in [-0.05, 0) is 54.8 Å². The molecule has 6 rings (SSSR count). The first kappa shape index (κ1) is 33.0. The largest absolute Gasteiger partial charge is 0.361 e. The molecule has 8 nitrogen and oxygen atoms in total. The SMILES string of the molecule is C[Si](C)(C)CCOCN(COCC[Si](C)(C)C)c1cc([C@H]2C[C@@H]3CC[C@@H](C3)C2)nc2c(-c3ccc(-c4ncccn4)cc3)cnn12. The topological polar surface area (TPSA) is 77.7 Å². The molecular formula is C36H52N6O2Si2. The average Bonchev–Trinajstić information content (AvgIpc) is 3.61. The Bertz CT molecular complexity index is 1550. The summed E-state index contributed by atoms with van der Waals surface area (Å²) < 4.78 is 14.7. The van der Waals surface area contributed by atoms with Crippen molar-refractivity contribution in [3.05, 3.63) is 60.7 Å². The predicted octanol–water partition coefficient (Wildman–Crippen LogP) is 8.58. The van der Waals surface area contributed by atoms with Gasteiger partial charge in [0.2, 0.25) is 0 Å². The van der Waals surface area contributed by atoms with Gasteiger partial charge in [0.15, 0.2) is 11.5 Å². The van der Waals surface area contributed by atoms with Crippen LogP contribution in [-0.2, 0) is 9.47 Å². The van der Waals surface area contributed by atoms with E-state index in [0.717, 1.165) is 71.1 Å². The maximum absolute atomic E-state index is 6.37. The summed E-state index contributed by atoms with van der Waals surface area (Å²) in [7, 11) is -2.42. The van der Waals surface area contributed by atoms with Crippen molar-refractivity contribution < 1.29 is 9.47 Å². The lowest BCUT2D eigenvalue weighted by atomic mass is 9.79. The Morgan fingerprint density at radius 2 is 1.39 bits per heavy atom. The van der Waals surface area contributed by atoms with Crippen molar-refractivity contribution in [2.45, 2.75) is 89.4 Å². The first-order valence-electron chi connectivity index (χ1n) is 17.2. The van der Waals surface area contributed by atoms with E-state index < -0.39 is 16.1 Å². The highest BCUT2D eigenvalue weighted by molar-refractivity contribution is 6.76. The summed E-state index contributed by atoms with van der Waals surface area (Å²) in [5.74, 6) is 3.85. The highest BCUT2D eigenvalue weighted by Crippen LogP contribution is 2.48. The Morgan fingerprint density at radius 1 is 0.804 bits per heavy atom. The van der Waals surface area contributed by atoms with Crippen molar-refractivity contribution in [3.8, 4) is 22.5 Å². The quantitative estimate of drug-likeness (QED) is 0.0764. The van der Waals surface area contributed by atoms with Crippen LogP contribution < -0.4 is 4.90 Å². The van der Waals surface area contributed by atoms with Crippen LogP contribution in [0.5, 0.6) is 0 Å². The molecule has 246 valence electrons. The lowest BCUT2D eigenvalue weighted by Crippen LogP contribution is -2.33.